The van der Waals surface area contributed by atoms with Gasteiger partial charge in [0, 0.05) is 11.1 Å². The molecule has 106 valence electrons. The number of halogens is 1. The SMILES string of the molecule is O=C1CNC(c2cccc(Cl)c2)N1C(C1CC1)C1CC1. The molecule has 3 aliphatic rings. The summed E-state index contributed by atoms with van der Waals surface area (Å²) in [5, 5.41) is 4.10. The lowest BCUT2D eigenvalue weighted by atomic mass is 10.0. The molecule has 0 spiro atoms. The lowest BCUT2D eigenvalue weighted by molar-refractivity contribution is -0.131. The van der Waals surface area contributed by atoms with E-state index in [0.29, 0.717) is 12.6 Å². The average Bonchev–Trinajstić information content (AvgIpc) is 3.32. The molecule has 1 aromatic rings. The highest BCUT2D eigenvalue weighted by Gasteiger charge is 2.49. The standard InChI is InChI=1S/C16H19ClN2O/c17-13-3-1-2-12(8-13)16-18-9-14(20)19(16)15(10-4-5-10)11-6-7-11/h1-3,8,10-11,15-16,18H,4-7,9H2. The normalized spacial score (nSPS) is 26.6. The molecule has 2 saturated carbocycles. The fourth-order valence-electron chi connectivity index (χ4n) is 3.53. The number of amides is 1. The Hall–Kier alpha value is -1.06. The van der Waals surface area contributed by atoms with E-state index in [-0.39, 0.29) is 12.1 Å². The topological polar surface area (TPSA) is 32.3 Å². The zero-order valence-electron chi connectivity index (χ0n) is 11.4. The molecule has 1 N–H and O–H groups in total. The Morgan fingerprint density at radius 2 is 1.90 bits per heavy atom. The highest BCUT2D eigenvalue weighted by molar-refractivity contribution is 6.30. The molecule has 1 atom stereocenters. The van der Waals surface area contributed by atoms with Crippen LogP contribution in [0.2, 0.25) is 5.02 Å². The summed E-state index contributed by atoms with van der Waals surface area (Å²) in [6, 6.07) is 8.32. The van der Waals surface area contributed by atoms with Gasteiger partial charge in [0.05, 0.1) is 6.54 Å². The van der Waals surface area contributed by atoms with Gasteiger partial charge in [0.2, 0.25) is 5.91 Å². The van der Waals surface area contributed by atoms with Gasteiger partial charge < -0.3 is 4.90 Å². The number of hydrogen-bond donors (Lipinski definition) is 1. The monoisotopic (exact) mass is 290 g/mol. The van der Waals surface area contributed by atoms with Crippen molar-refractivity contribution >= 4 is 17.5 Å². The Bertz CT molecular complexity index is 527. The molecule has 1 amide bonds. The van der Waals surface area contributed by atoms with Gasteiger partial charge in [-0.1, -0.05) is 23.7 Å². The van der Waals surface area contributed by atoms with Crippen molar-refractivity contribution in [1.29, 1.82) is 0 Å². The molecule has 1 unspecified atom stereocenters. The van der Waals surface area contributed by atoms with Gasteiger partial charge in [0.15, 0.2) is 0 Å². The molecule has 2 aliphatic carbocycles. The molecular weight excluding hydrogens is 272 g/mol. The van der Waals surface area contributed by atoms with Crippen LogP contribution >= 0.6 is 11.6 Å². The molecule has 20 heavy (non-hydrogen) atoms. The third-order valence-electron chi connectivity index (χ3n) is 4.71. The molecule has 0 bridgehead atoms. The number of hydrogen-bond acceptors (Lipinski definition) is 2. The van der Waals surface area contributed by atoms with Gasteiger partial charge in [-0.15, -0.1) is 0 Å². The molecule has 3 nitrogen and oxygen atoms in total. The van der Waals surface area contributed by atoms with Crippen molar-refractivity contribution in [2.24, 2.45) is 11.8 Å². The van der Waals surface area contributed by atoms with Gasteiger partial charge in [0.1, 0.15) is 6.17 Å². The van der Waals surface area contributed by atoms with Crippen LogP contribution in [0, 0.1) is 11.8 Å². The van der Waals surface area contributed by atoms with Crippen LogP contribution in [-0.4, -0.2) is 23.4 Å². The van der Waals surface area contributed by atoms with Gasteiger partial charge >= 0.3 is 0 Å². The van der Waals surface area contributed by atoms with Crippen molar-refractivity contribution in [2.75, 3.05) is 6.54 Å². The molecule has 3 fully saturated rings. The van der Waals surface area contributed by atoms with Crippen molar-refractivity contribution in [2.45, 2.75) is 37.9 Å². The number of rotatable bonds is 4. The average molecular weight is 291 g/mol. The van der Waals surface area contributed by atoms with Gasteiger partial charge in [-0.05, 0) is 55.2 Å². The third kappa shape index (κ3) is 2.23. The summed E-state index contributed by atoms with van der Waals surface area (Å²) < 4.78 is 0. The Balaban J connectivity index is 1.66. The zero-order valence-corrected chi connectivity index (χ0v) is 12.1. The van der Waals surface area contributed by atoms with Gasteiger partial charge in [-0.25, -0.2) is 0 Å². The number of carbonyl (C=O) groups is 1. The lowest BCUT2D eigenvalue weighted by Crippen LogP contribution is -2.42. The van der Waals surface area contributed by atoms with Gasteiger partial charge in [-0.3, -0.25) is 10.1 Å². The fraction of sp³-hybridized carbons (Fsp3) is 0.562. The van der Waals surface area contributed by atoms with Crippen molar-refractivity contribution in [1.82, 2.24) is 10.2 Å². The van der Waals surface area contributed by atoms with Crippen molar-refractivity contribution < 1.29 is 4.79 Å². The second kappa shape index (κ2) is 4.74. The van der Waals surface area contributed by atoms with Crippen LogP contribution in [0.5, 0.6) is 0 Å². The van der Waals surface area contributed by atoms with Crippen LogP contribution in [0.1, 0.15) is 37.4 Å². The highest BCUT2D eigenvalue weighted by atomic mass is 35.5. The van der Waals surface area contributed by atoms with Crippen molar-refractivity contribution in [3.8, 4) is 0 Å². The molecule has 1 aliphatic heterocycles. The molecule has 1 heterocycles. The summed E-state index contributed by atoms with van der Waals surface area (Å²) in [6.07, 6.45) is 5.15. The predicted octanol–water partition coefficient (Wildman–Crippen LogP) is 2.96. The van der Waals surface area contributed by atoms with E-state index >= 15 is 0 Å². The van der Waals surface area contributed by atoms with E-state index in [1.807, 2.05) is 18.2 Å². The first-order valence-corrected chi connectivity index (χ1v) is 7.92. The minimum absolute atomic E-state index is 0.00685. The molecule has 1 saturated heterocycles. The second-order valence-electron chi connectivity index (χ2n) is 6.30. The Morgan fingerprint density at radius 1 is 1.20 bits per heavy atom. The van der Waals surface area contributed by atoms with Gasteiger partial charge in [-0.2, -0.15) is 0 Å². The minimum Gasteiger partial charge on any atom is -0.318 e. The van der Waals surface area contributed by atoms with E-state index in [2.05, 4.69) is 16.3 Å². The quantitative estimate of drug-likeness (QED) is 0.925. The smallest absolute Gasteiger partial charge is 0.238 e. The maximum absolute atomic E-state index is 12.4. The number of carbonyl (C=O) groups excluding carboxylic acids is 1. The maximum atomic E-state index is 12.4. The molecule has 0 radical (unpaired) electrons. The Morgan fingerprint density at radius 3 is 2.50 bits per heavy atom. The first-order valence-electron chi connectivity index (χ1n) is 7.54. The molecule has 4 rings (SSSR count). The second-order valence-corrected chi connectivity index (χ2v) is 6.74. The number of nitrogens with zero attached hydrogens (tertiary/aromatic N) is 1. The van der Waals surface area contributed by atoms with E-state index in [1.54, 1.807) is 0 Å². The summed E-state index contributed by atoms with van der Waals surface area (Å²) in [6.45, 7) is 0.452. The van der Waals surface area contributed by atoms with E-state index in [4.69, 9.17) is 11.6 Å². The van der Waals surface area contributed by atoms with E-state index in [0.717, 1.165) is 22.4 Å². The summed E-state index contributed by atoms with van der Waals surface area (Å²) in [4.78, 5) is 14.5. The molecule has 0 aromatic heterocycles. The molecule has 1 aromatic carbocycles. The van der Waals surface area contributed by atoms with Crippen LogP contribution in [0.4, 0.5) is 0 Å². The van der Waals surface area contributed by atoms with E-state index in [1.165, 1.54) is 25.7 Å². The minimum atomic E-state index is 0.00685. The van der Waals surface area contributed by atoms with Crippen LogP contribution in [0.15, 0.2) is 24.3 Å². The first-order chi connectivity index (χ1) is 9.74. The summed E-state index contributed by atoms with van der Waals surface area (Å²) in [7, 11) is 0. The van der Waals surface area contributed by atoms with Crippen LogP contribution in [-0.2, 0) is 4.79 Å². The van der Waals surface area contributed by atoms with E-state index in [9.17, 15) is 4.79 Å². The van der Waals surface area contributed by atoms with Crippen molar-refractivity contribution in [3.63, 3.8) is 0 Å². The fourth-order valence-corrected chi connectivity index (χ4v) is 3.72. The first kappa shape index (κ1) is 12.7. The largest absolute Gasteiger partial charge is 0.318 e. The Labute approximate surface area is 124 Å². The number of benzene rings is 1. The van der Waals surface area contributed by atoms with Crippen LogP contribution in [0.3, 0.4) is 0 Å². The van der Waals surface area contributed by atoms with E-state index < -0.39 is 0 Å². The van der Waals surface area contributed by atoms with Crippen molar-refractivity contribution in [3.05, 3.63) is 34.9 Å². The predicted molar refractivity (Wildman–Crippen MR) is 78.3 cm³/mol. The highest BCUT2D eigenvalue weighted by Crippen LogP contribution is 2.49. The van der Waals surface area contributed by atoms with Crippen LogP contribution < -0.4 is 5.32 Å². The maximum Gasteiger partial charge on any atom is 0.238 e. The Kier molecular flexibility index (Phi) is 3.00. The summed E-state index contributed by atoms with van der Waals surface area (Å²) >= 11 is 6.11. The van der Waals surface area contributed by atoms with Gasteiger partial charge in [0.25, 0.3) is 0 Å². The summed E-state index contributed by atoms with van der Waals surface area (Å²) in [5.41, 5.74) is 1.11. The summed E-state index contributed by atoms with van der Waals surface area (Å²) in [5.74, 6) is 1.71. The molecular formula is C16H19ClN2O. The third-order valence-corrected chi connectivity index (χ3v) is 4.94. The zero-order chi connectivity index (χ0) is 13.7. The van der Waals surface area contributed by atoms with Crippen LogP contribution in [0.25, 0.3) is 0 Å². The molecule has 4 heteroatoms. The lowest BCUT2D eigenvalue weighted by Gasteiger charge is -2.33. The number of nitrogens with one attached hydrogen (secondary N) is 1.